The van der Waals surface area contributed by atoms with Crippen molar-refractivity contribution >= 4 is 28.9 Å². The van der Waals surface area contributed by atoms with E-state index < -0.39 is 0 Å². The SMILES string of the molecule is CCCCCCCCCCCCCCCCCC(=O)Nc1cc(N(C)C)ccc1C#Cc1cc[n+](C)cc1NC(=O)CCCCCCCCCCCCCCCCC. The van der Waals surface area contributed by atoms with Gasteiger partial charge in [0.1, 0.15) is 12.7 Å². The molecular formula is C52H87N4O2+. The van der Waals surface area contributed by atoms with Gasteiger partial charge in [0.15, 0.2) is 12.4 Å². The number of rotatable bonds is 35. The highest BCUT2D eigenvalue weighted by Crippen LogP contribution is 2.24. The van der Waals surface area contributed by atoms with E-state index in [4.69, 9.17) is 0 Å². The molecule has 0 saturated carbocycles. The quantitative estimate of drug-likeness (QED) is 0.0415. The van der Waals surface area contributed by atoms with Crippen LogP contribution in [0.1, 0.15) is 230 Å². The van der Waals surface area contributed by atoms with E-state index in [9.17, 15) is 9.59 Å². The molecule has 1 aromatic carbocycles. The number of anilines is 3. The maximum absolute atomic E-state index is 13.1. The van der Waals surface area contributed by atoms with Gasteiger partial charge in [0.05, 0.1) is 11.3 Å². The normalized spacial score (nSPS) is 11.0. The molecule has 0 aliphatic heterocycles. The summed E-state index contributed by atoms with van der Waals surface area (Å²) >= 11 is 0. The van der Waals surface area contributed by atoms with Crippen molar-refractivity contribution in [2.75, 3.05) is 29.6 Å². The van der Waals surface area contributed by atoms with E-state index in [-0.39, 0.29) is 11.8 Å². The molecule has 1 aromatic heterocycles. The minimum absolute atomic E-state index is 0.0334. The topological polar surface area (TPSA) is 65.3 Å². The van der Waals surface area contributed by atoms with Crippen LogP contribution in [0.25, 0.3) is 0 Å². The van der Waals surface area contributed by atoms with E-state index in [0.29, 0.717) is 18.5 Å². The third-order valence-electron chi connectivity index (χ3n) is 11.5. The number of amides is 2. The van der Waals surface area contributed by atoms with Crippen LogP contribution < -0.4 is 20.1 Å². The number of nitrogens with zero attached hydrogens (tertiary/aromatic N) is 2. The Hall–Kier alpha value is -3.33. The van der Waals surface area contributed by atoms with E-state index in [0.717, 1.165) is 48.2 Å². The van der Waals surface area contributed by atoms with Crippen LogP contribution >= 0.6 is 0 Å². The molecular weight excluding hydrogens is 713 g/mol. The van der Waals surface area contributed by atoms with Crippen LogP contribution in [0.15, 0.2) is 36.7 Å². The Morgan fingerprint density at radius 3 is 1.22 bits per heavy atom. The van der Waals surface area contributed by atoms with Crippen LogP contribution in [0, 0.1) is 11.8 Å². The number of carbonyl (C=O) groups is 2. The van der Waals surface area contributed by atoms with Crippen molar-refractivity contribution in [2.24, 2.45) is 7.05 Å². The number of carbonyl (C=O) groups excluding carboxylic acids is 2. The third-order valence-corrected chi connectivity index (χ3v) is 11.5. The summed E-state index contributed by atoms with van der Waals surface area (Å²) in [5, 5.41) is 6.30. The van der Waals surface area contributed by atoms with Gasteiger partial charge in [-0.25, -0.2) is 4.57 Å². The first-order valence-corrected chi connectivity index (χ1v) is 24.3. The van der Waals surface area contributed by atoms with Crippen molar-refractivity contribution in [1.82, 2.24) is 0 Å². The number of unbranched alkanes of at least 4 members (excludes halogenated alkanes) is 28. The van der Waals surface area contributed by atoms with Gasteiger partial charge in [0.2, 0.25) is 11.8 Å². The van der Waals surface area contributed by atoms with Crippen molar-refractivity contribution in [3.05, 3.63) is 47.8 Å². The molecule has 0 aliphatic rings. The number of aryl methyl sites for hydroxylation is 1. The van der Waals surface area contributed by atoms with Gasteiger partial charge in [0.25, 0.3) is 0 Å². The van der Waals surface area contributed by atoms with E-state index in [1.165, 1.54) is 167 Å². The predicted octanol–water partition coefficient (Wildman–Crippen LogP) is 14.4. The zero-order chi connectivity index (χ0) is 41.9. The van der Waals surface area contributed by atoms with Crippen molar-refractivity contribution in [3.8, 4) is 11.8 Å². The highest BCUT2D eigenvalue weighted by molar-refractivity contribution is 5.93. The molecule has 0 radical (unpaired) electrons. The largest absolute Gasteiger partial charge is 0.378 e. The number of nitrogens with one attached hydrogen (secondary N) is 2. The molecule has 0 atom stereocenters. The Morgan fingerprint density at radius 2 is 0.845 bits per heavy atom. The average molecular weight is 800 g/mol. The number of pyridine rings is 1. The molecule has 1 heterocycles. The lowest BCUT2D eigenvalue weighted by Crippen LogP contribution is -2.28. The second-order valence-corrected chi connectivity index (χ2v) is 17.3. The summed E-state index contributed by atoms with van der Waals surface area (Å²) in [6.07, 6.45) is 44.2. The van der Waals surface area contributed by atoms with Crippen LogP contribution in [0.2, 0.25) is 0 Å². The summed E-state index contributed by atoms with van der Waals surface area (Å²) in [6, 6.07) is 7.95. The smallest absolute Gasteiger partial charge is 0.224 e. The first-order valence-electron chi connectivity index (χ1n) is 24.3. The molecule has 2 rings (SSSR count). The van der Waals surface area contributed by atoms with Gasteiger partial charge in [-0.3, -0.25) is 9.59 Å². The fraction of sp³-hybridized carbons (Fsp3) is 0.712. The van der Waals surface area contributed by atoms with Gasteiger partial charge in [0, 0.05) is 44.3 Å². The summed E-state index contributed by atoms with van der Waals surface area (Å²) in [4.78, 5) is 28.1. The Labute approximate surface area is 357 Å². The predicted molar refractivity (Wildman–Crippen MR) is 251 cm³/mol. The third kappa shape index (κ3) is 25.9. The Balaban J connectivity index is 1.74. The Kier molecular flexibility index (Phi) is 30.2. The molecule has 0 fully saturated rings. The van der Waals surface area contributed by atoms with Crippen LogP contribution in [-0.4, -0.2) is 25.9 Å². The first kappa shape index (κ1) is 50.8. The number of hydrogen-bond donors (Lipinski definition) is 2. The summed E-state index contributed by atoms with van der Waals surface area (Å²) < 4.78 is 1.93. The zero-order valence-corrected chi connectivity index (χ0v) is 38.3. The monoisotopic (exact) mass is 800 g/mol. The fourth-order valence-corrected chi connectivity index (χ4v) is 7.70. The maximum Gasteiger partial charge on any atom is 0.224 e. The summed E-state index contributed by atoms with van der Waals surface area (Å²) in [5.74, 6) is 6.68. The van der Waals surface area contributed by atoms with Crippen molar-refractivity contribution in [2.45, 2.75) is 219 Å². The molecule has 0 aliphatic carbocycles. The summed E-state index contributed by atoms with van der Waals surface area (Å²) in [5.41, 5.74) is 3.97. The molecule has 0 unspecified atom stereocenters. The lowest BCUT2D eigenvalue weighted by molar-refractivity contribution is -0.670. The lowest BCUT2D eigenvalue weighted by Gasteiger charge is -2.15. The fourth-order valence-electron chi connectivity index (χ4n) is 7.70. The molecule has 2 aromatic rings. The van der Waals surface area contributed by atoms with Crippen molar-refractivity contribution < 1.29 is 14.2 Å². The van der Waals surface area contributed by atoms with Crippen molar-refractivity contribution in [1.29, 1.82) is 0 Å². The highest BCUT2D eigenvalue weighted by atomic mass is 16.2. The molecule has 0 spiro atoms. The van der Waals surface area contributed by atoms with Gasteiger partial charge in [-0.1, -0.05) is 205 Å². The first-order chi connectivity index (χ1) is 28.3. The minimum atomic E-state index is 0.0334. The van der Waals surface area contributed by atoms with Crippen LogP contribution in [-0.2, 0) is 16.6 Å². The standard InChI is InChI=1S/C52H86N4O2/c1-6-8-10-12-14-16-18-20-22-24-26-28-30-32-34-36-51(57)53-49-44-48(55(3)4)41-40-46(49)38-39-47-42-43-56(5)45-50(47)54-52(58)37-35-33-31-29-27-25-23-21-19-17-15-13-11-9-7-2/h40-45H,6-37H2,1-5H3,(H,54,58)/p+1. The second-order valence-electron chi connectivity index (χ2n) is 17.3. The lowest BCUT2D eigenvalue weighted by atomic mass is 10.0. The van der Waals surface area contributed by atoms with E-state index in [1.807, 2.05) is 67.3 Å². The molecule has 6 heteroatoms. The van der Waals surface area contributed by atoms with E-state index >= 15 is 0 Å². The van der Waals surface area contributed by atoms with E-state index in [1.54, 1.807) is 0 Å². The van der Waals surface area contributed by atoms with Gasteiger partial charge < -0.3 is 15.5 Å². The van der Waals surface area contributed by atoms with Crippen LogP contribution in [0.3, 0.4) is 0 Å². The van der Waals surface area contributed by atoms with E-state index in [2.05, 4.69) is 36.3 Å². The zero-order valence-electron chi connectivity index (χ0n) is 38.3. The maximum atomic E-state index is 13.1. The molecule has 326 valence electrons. The van der Waals surface area contributed by atoms with Gasteiger partial charge >= 0.3 is 0 Å². The highest BCUT2D eigenvalue weighted by Gasteiger charge is 2.12. The van der Waals surface area contributed by atoms with Crippen LogP contribution in [0.4, 0.5) is 17.1 Å². The number of aromatic nitrogens is 1. The Bertz CT molecular complexity index is 1420. The minimum Gasteiger partial charge on any atom is -0.378 e. The van der Waals surface area contributed by atoms with Gasteiger partial charge in [-0.15, -0.1) is 0 Å². The summed E-state index contributed by atoms with van der Waals surface area (Å²) in [6.45, 7) is 4.56. The molecule has 58 heavy (non-hydrogen) atoms. The molecule has 2 N–H and O–H groups in total. The van der Waals surface area contributed by atoms with Crippen molar-refractivity contribution in [3.63, 3.8) is 0 Å². The molecule has 0 saturated heterocycles. The summed E-state index contributed by atoms with van der Waals surface area (Å²) in [7, 11) is 5.95. The average Bonchev–Trinajstić information content (AvgIpc) is 3.20. The van der Waals surface area contributed by atoms with Gasteiger partial charge in [-0.05, 0) is 31.0 Å². The molecule has 6 nitrogen and oxygen atoms in total. The van der Waals surface area contributed by atoms with Crippen LogP contribution in [0.5, 0.6) is 0 Å². The van der Waals surface area contributed by atoms with Gasteiger partial charge in [-0.2, -0.15) is 0 Å². The second kappa shape index (κ2) is 34.5. The number of benzene rings is 1. The Morgan fingerprint density at radius 1 is 0.500 bits per heavy atom. The molecule has 0 bridgehead atoms. The molecule has 2 amide bonds. The number of hydrogen-bond acceptors (Lipinski definition) is 3.